The molecule has 1 aromatic heterocycles. The van der Waals surface area contributed by atoms with Gasteiger partial charge >= 0.3 is 0 Å². The number of hydrogen-bond donors (Lipinski definition) is 1. The number of amides is 1. The molecular weight excluding hydrogens is 278 g/mol. The molecule has 5 nitrogen and oxygen atoms in total. The fourth-order valence-electron chi connectivity index (χ4n) is 2.08. The van der Waals surface area contributed by atoms with Gasteiger partial charge in [0.15, 0.2) is 0 Å². The molecule has 0 unspecified atom stereocenters. The lowest BCUT2D eigenvalue weighted by atomic mass is 10.0. The summed E-state index contributed by atoms with van der Waals surface area (Å²) in [5.41, 5.74) is 0.185. The van der Waals surface area contributed by atoms with Gasteiger partial charge in [0, 0.05) is 20.1 Å². The summed E-state index contributed by atoms with van der Waals surface area (Å²) in [5.74, 6) is -0.0788. The van der Waals surface area contributed by atoms with E-state index in [1.807, 2.05) is 20.8 Å². The topological polar surface area (TPSA) is 58.4 Å². The molecule has 0 atom stereocenters. The van der Waals surface area contributed by atoms with Crippen molar-refractivity contribution in [3.05, 3.63) is 16.4 Å². The lowest BCUT2D eigenvalue weighted by molar-refractivity contribution is 0.0314. The van der Waals surface area contributed by atoms with E-state index in [-0.39, 0.29) is 18.4 Å². The van der Waals surface area contributed by atoms with Gasteiger partial charge in [0.2, 0.25) is 0 Å². The van der Waals surface area contributed by atoms with E-state index < -0.39 is 5.60 Å². The molecule has 0 radical (unpaired) electrons. The van der Waals surface area contributed by atoms with Gasteiger partial charge in [-0.1, -0.05) is 25.4 Å². The first-order valence-electron chi connectivity index (χ1n) is 6.82. The lowest BCUT2D eigenvalue weighted by Crippen LogP contribution is -2.42. The van der Waals surface area contributed by atoms with Crippen LogP contribution in [-0.4, -0.2) is 44.4 Å². The zero-order valence-corrected chi connectivity index (χ0v) is 13.8. The van der Waals surface area contributed by atoms with E-state index in [0.29, 0.717) is 23.0 Å². The van der Waals surface area contributed by atoms with Crippen molar-refractivity contribution in [2.75, 3.05) is 13.1 Å². The first kappa shape index (κ1) is 17.0. The highest BCUT2D eigenvalue weighted by molar-refractivity contribution is 6.33. The summed E-state index contributed by atoms with van der Waals surface area (Å²) in [5, 5.41) is 14.6. The minimum Gasteiger partial charge on any atom is -0.389 e. The van der Waals surface area contributed by atoms with Crippen LogP contribution in [0.4, 0.5) is 0 Å². The van der Waals surface area contributed by atoms with Crippen molar-refractivity contribution in [2.24, 2.45) is 7.05 Å². The molecule has 0 aliphatic heterocycles. The predicted molar refractivity (Wildman–Crippen MR) is 80.2 cm³/mol. The van der Waals surface area contributed by atoms with E-state index >= 15 is 0 Å². The highest BCUT2D eigenvalue weighted by atomic mass is 35.5. The van der Waals surface area contributed by atoms with Crippen molar-refractivity contribution in [3.63, 3.8) is 0 Å². The Morgan fingerprint density at radius 1 is 1.50 bits per heavy atom. The minimum atomic E-state index is -0.946. The van der Waals surface area contributed by atoms with Crippen LogP contribution in [0.25, 0.3) is 0 Å². The molecule has 0 saturated carbocycles. The average Bonchev–Trinajstić information content (AvgIpc) is 2.61. The minimum absolute atomic E-state index is 0.105. The van der Waals surface area contributed by atoms with Crippen LogP contribution >= 0.6 is 11.6 Å². The molecule has 20 heavy (non-hydrogen) atoms. The summed E-state index contributed by atoms with van der Waals surface area (Å²) < 4.78 is 1.52. The Hall–Kier alpha value is -1.07. The number of hydrogen-bond acceptors (Lipinski definition) is 3. The van der Waals surface area contributed by atoms with E-state index in [2.05, 4.69) is 5.10 Å². The maximum atomic E-state index is 12.7. The molecule has 0 fully saturated rings. The fourth-order valence-corrected chi connectivity index (χ4v) is 2.29. The molecule has 1 heterocycles. The number of rotatable bonds is 5. The molecule has 6 heteroatoms. The van der Waals surface area contributed by atoms with Crippen LogP contribution in [0, 0.1) is 0 Å². The van der Waals surface area contributed by atoms with E-state index in [4.69, 9.17) is 11.6 Å². The smallest absolute Gasteiger partial charge is 0.259 e. The second-order valence-corrected chi connectivity index (χ2v) is 6.32. The predicted octanol–water partition coefficient (Wildman–Crippen LogP) is 2.43. The van der Waals surface area contributed by atoms with Gasteiger partial charge in [-0.3, -0.25) is 9.48 Å². The van der Waals surface area contributed by atoms with Gasteiger partial charge in [0.25, 0.3) is 5.91 Å². The summed E-state index contributed by atoms with van der Waals surface area (Å²) in [6, 6.07) is 0. The maximum absolute atomic E-state index is 12.7. The second kappa shape index (κ2) is 6.14. The van der Waals surface area contributed by atoms with E-state index in [1.165, 1.54) is 4.68 Å². The van der Waals surface area contributed by atoms with Crippen LogP contribution in [0.5, 0.6) is 0 Å². The van der Waals surface area contributed by atoms with E-state index in [1.54, 1.807) is 25.8 Å². The molecule has 1 rings (SSSR count). The Balaban J connectivity index is 3.19. The molecule has 0 aliphatic rings. The van der Waals surface area contributed by atoms with Crippen LogP contribution in [-0.2, 0) is 7.05 Å². The summed E-state index contributed by atoms with van der Waals surface area (Å²) in [6.07, 6.45) is 0. The Bertz CT molecular complexity index is 489. The monoisotopic (exact) mass is 301 g/mol. The van der Waals surface area contributed by atoms with E-state index in [9.17, 15) is 9.90 Å². The number of halogens is 1. The number of aryl methyl sites for hydroxylation is 1. The van der Waals surface area contributed by atoms with Gasteiger partial charge < -0.3 is 10.0 Å². The van der Waals surface area contributed by atoms with Gasteiger partial charge in [0.1, 0.15) is 5.15 Å². The Labute approximate surface area is 125 Å². The molecule has 1 N–H and O–H groups in total. The summed E-state index contributed by atoms with van der Waals surface area (Å²) in [6.45, 7) is 9.94. The average molecular weight is 302 g/mol. The number of nitrogens with zero attached hydrogens (tertiary/aromatic N) is 3. The summed E-state index contributed by atoms with van der Waals surface area (Å²) >= 11 is 6.22. The Morgan fingerprint density at radius 2 is 2.05 bits per heavy atom. The molecule has 114 valence electrons. The third-order valence-corrected chi connectivity index (χ3v) is 3.45. The van der Waals surface area contributed by atoms with Crippen LogP contribution in [0.15, 0.2) is 0 Å². The number of carbonyl (C=O) groups excluding carboxylic acids is 1. The van der Waals surface area contributed by atoms with Crippen LogP contribution < -0.4 is 0 Å². The molecule has 1 amide bonds. The van der Waals surface area contributed by atoms with Crippen LogP contribution in [0.2, 0.25) is 5.15 Å². The van der Waals surface area contributed by atoms with E-state index in [0.717, 1.165) is 0 Å². The van der Waals surface area contributed by atoms with Crippen molar-refractivity contribution < 1.29 is 9.90 Å². The number of aromatic nitrogens is 2. The Kier molecular flexibility index (Phi) is 5.21. The molecule has 0 aromatic carbocycles. The zero-order valence-electron chi connectivity index (χ0n) is 13.1. The number of aliphatic hydroxyl groups is 1. The standard InChI is InChI=1S/C14H24ClN3O2/c1-7-18(8-14(4,5)20)13(19)10-11(9(2)3)16-17(6)12(10)15/h9,20H,7-8H2,1-6H3. The molecular formula is C14H24ClN3O2. The highest BCUT2D eigenvalue weighted by Crippen LogP contribution is 2.27. The third-order valence-electron chi connectivity index (χ3n) is 3.01. The first-order valence-corrected chi connectivity index (χ1v) is 7.20. The zero-order chi connectivity index (χ0) is 15.7. The number of carbonyl (C=O) groups is 1. The van der Waals surface area contributed by atoms with Crippen molar-refractivity contribution in [3.8, 4) is 0 Å². The molecule has 0 bridgehead atoms. The highest BCUT2D eigenvalue weighted by Gasteiger charge is 2.29. The van der Waals surface area contributed by atoms with Gasteiger partial charge in [-0.25, -0.2) is 0 Å². The van der Waals surface area contributed by atoms with Crippen molar-refractivity contribution in [1.29, 1.82) is 0 Å². The third kappa shape index (κ3) is 3.73. The molecule has 0 spiro atoms. The fraction of sp³-hybridized carbons (Fsp3) is 0.714. The van der Waals surface area contributed by atoms with Gasteiger partial charge in [0.05, 0.1) is 16.9 Å². The normalized spacial score (nSPS) is 12.1. The molecule has 1 aromatic rings. The number of likely N-dealkylation sites (N-methyl/N-ethyl adjacent to an activating group) is 1. The molecule has 0 saturated heterocycles. The van der Waals surface area contributed by atoms with Crippen molar-refractivity contribution in [2.45, 2.75) is 46.1 Å². The van der Waals surface area contributed by atoms with Crippen molar-refractivity contribution in [1.82, 2.24) is 14.7 Å². The first-order chi connectivity index (χ1) is 9.08. The van der Waals surface area contributed by atoms with Gasteiger partial charge in [-0.2, -0.15) is 5.10 Å². The van der Waals surface area contributed by atoms with Crippen LogP contribution in [0.1, 0.15) is 56.6 Å². The van der Waals surface area contributed by atoms with Gasteiger partial charge in [-0.05, 0) is 26.7 Å². The molecule has 0 aliphatic carbocycles. The summed E-state index contributed by atoms with van der Waals surface area (Å²) in [4.78, 5) is 14.3. The van der Waals surface area contributed by atoms with Crippen molar-refractivity contribution >= 4 is 17.5 Å². The second-order valence-electron chi connectivity index (χ2n) is 5.96. The lowest BCUT2D eigenvalue weighted by Gasteiger charge is -2.28. The van der Waals surface area contributed by atoms with Crippen LogP contribution in [0.3, 0.4) is 0 Å². The van der Waals surface area contributed by atoms with Gasteiger partial charge in [-0.15, -0.1) is 0 Å². The summed E-state index contributed by atoms with van der Waals surface area (Å²) in [7, 11) is 1.72. The Morgan fingerprint density at radius 3 is 2.45 bits per heavy atom. The SMILES string of the molecule is CCN(CC(C)(C)O)C(=O)c1c(C(C)C)nn(C)c1Cl. The largest absolute Gasteiger partial charge is 0.389 e. The maximum Gasteiger partial charge on any atom is 0.259 e. The quantitative estimate of drug-likeness (QED) is 0.908.